The van der Waals surface area contributed by atoms with Crippen molar-refractivity contribution in [1.29, 1.82) is 0 Å². The number of benzene rings is 1. The number of rotatable bonds is 4. The van der Waals surface area contributed by atoms with Crippen molar-refractivity contribution >= 4 is 17.3 Å². The number of carbonyl (C=O) groups is 1. The molecule has 1 aliphatic heterocycles. The van der Waals surface area contributed by atoms with Crippen LogP contribution in [0.5, 0.6) is 0 Å². The van der Waals surface area contributed by atoms with Crippen LogP contribution in [0.1, 0.15) is 19.8 Å². The molecule has 1 aliphatic rings. The van der Waals surface area contributed by atoms with Crippen LogP contribution in [-0.4, -0.2) is 18.6 Å². The van der Waals surface area contributed by atoms with E-state index in [0.29, 0.717) is 17.9 Å². The molecule has 0 bridgehead atoms. The van der Waals surface area contributed by atoms with Crippen molar-refractivity contribution in [3.05, 3.63) is 36.4 Å². The summed E-state index contributed by atoms with van der Waals surface area (Å²) in [4.78, 5) is 11.0. The number of hydrogen-bond acceptors (Lipinski definition) is 3. The number of ether oxygens (including phenoxy) is 1. The second kappa shape index (κ2) is 6.22. The van der Waals surface area contributed by atoms with Crippen LogP contribution in [0.15, 0.2) is 30.5 Å². The van der Waals surface area contributed by atoms with Crippen LogP contribution in [0, 0.1) is 5.82 Å². The molecular weight excluding hydrogens is 247 g/mol. The van der Waals surface area contributed by atoms with Gasteiger partial charge in [0.15, 0.2) is 0 Å². The van der Waals surface area contributed by atoms with Crippen LogP contribution >= 0.6 is 0 Å². The van der Waals surface area contributed by atoms with Gasteiger partial charge in [-0.05, 0) is 37.1 Å². The summed E-state index contributed by atoms with van der Waals surface area (Å²) in [5, 5.41) is 5.63. The number of anilines is 2. The molecule has 0 radical (unpaired) electrons. The Bertz CT molecular complexity index is 488. The average molecular weight is 264 g/mol. The molecule has 0 saturated heterocycles. The van der Waals surface area contributed by atoms with Crippen LogP contribution in [0.3, 0.4) is 0 Å². The van der Waals surface area contributed by atoms with Gasteiger partial charge in [0.1, 0.15) is 11.9 Å². The van der Waals surface area contributed by atoms with Gasteiger partial charge in [-0.15, -0.1) is 0 Å². The van der Waals surface area contributed by atoms with E-state index in [-0.39, 0.29) is 17.8 Å². The zero-order chi connectivity index (χ0) is 13.7. The molecule has 102 valence electrons. The SMILES string of the molecule is CC(=O)Nc1ccc(F)c(NCC2CCC=CO2)c1. The highest BCUT2D eigenvalue weighted by atomic mass is 19.1. The molecule has 1 aromatic carbocycles. The van der Waals surface area contributed by atoms with E-state index in [4.69, 9.17) is 4.74 Å². The van der Waals surface area contributed by atoms with Gasteiger partial charge in [0.05, 0.1) is 18.5 Å². The topological polar surface area (TPSA) is 50.4 Å². The smallest absolute Gasteiger partial charge is 0.221 e. The fraction of sp³-hybridized carbons (Fsp3) is 0.357. The molecule has 2 N–H and O–H groups in total. The number of allylic oxidation sites excluding steroid dienone is 1. The molecule has 4 nitrogen and oxygen atoms in total. The van der Waals surface area contributed by atoms with Gasteiger partial charge in [0, 0.05) is 12.6 Å². The molecule has 1 atom stereocenters. The van der Waals surface area contributed by atoms with E-state index in [0.717, 1.165) is 12.8 Å². The fourth-order valence-electron chi connectivity index (χ4n) is 1.90. The second-order valence-corrected chi connectivity index (χ2v) is 4.46. The van der Waals surface area contributed by atoms with Crippen molar-refractivity contribution in [3.63, 3.8) is 0 Å². The molecular formula is C14H17FN2O2. The summed E-state index contributed by atoms with van der Waals surface area (Å²) in [6.45, 7) is 1.95. The maximum absolute atomic E-state index is 13.6. The van der Waals surface area contributed by atoms with Crippen molar-refractivity contribution in [2.24, 2.45) is 0 Å². The largest absolute Gasteiger partial charge is 0.497 e. The van der Waals surface area contributed by atoms with Crippen LogP contribution < -0.4 is 10.6 Å². The van der Waals surface area contributed by atoms with Crippen LogP contribution in [0.2, 0.25) is 0 Å². The van der Waals surface area contributed by atoms with Gasteiger partial charge in [0.2, 0.25) is 5.91 Å². The molecule has 1 heterocycles. The Kier molecular flexibility index (Phi) is 4.39. The molecule has 1 aromatic rings. The first-order chi connectivity index (χ1) is 9.15. The van der Waals surface area contributed by atoms with E-state index in [1.165, 1.54) is 19.1 Å². The number of amides is 1. The van der Waals surface area contributed by atoms with Crippen LogP contribution in [0.4, 0.5) is 15.8 Å². The molecule has 0 aromatic heterocycles. The van der Waals surface area contributed by atoms with Gasteiger partial charge < -0.3 is 15.4 Å². The maximum atomic E-state index is 13.6. The first kappa shape index (κ1) is 13.4. The van der Waals surface area contributed by atoms with Gasteiger partial charge in [0.25, 0.3) is 0 Å². The Morgan fingerprint density at radius 2 is 2.37 bits per heavy atom. The van der Waals surface area contributed by atoms with Gasteiger partial charge in [-0.25, -0.2) is 4.39 Å². The van der Waals surface area contributed by atoms with Crippen molar-refractivity contribution in [2.75, 3.05) is 17.2 Å². The van der Waals surface area contributed by atoms with E-state index in [9.17, 15) is 9.18 Å². The summed E-state index contributed by atoms with van der Waals surface area (Å²) in [7, 11) is 0. The van der Waals surface area contributed by atoms with Crippen molar-refractivity contribution < 1.29 is 13.9 Å². The van der Waals surface area contributed by atoms with Crippen LogP contribution in [-0.2, 0) is 9.53 Å². The second-order valence-electron chi connectivity index (χ2n) is 4.46. The van der Waals surface area contributed by atoms with E-state index in [1.807, 2.05) is 6.08 Å². The van der Waals surface area contributed by atoms with Gasteiger partial charge in [-0.3, -0.25) is 4.79 Å². The lowest BCUT2D eigenvalue weighted by atomic mass is 10.1. The van der Waals surface area contributed by atoms with E-state index in [1.54, 1.807) is 12.3 Å². The minimum atomic E-state index is -0.347. The average Bonchev–Trinajstić information content (AvgIpc) is 2.40. The molecule has 0 saturated carbocycles. The lowest BCUT2D eigenvalue weighted by Crippen LogP contribution is -2.23. The third-order valence-electron chi connectivity index (χ3n) is 2.83. The molecule has 0 aliphatic carbocycles. The highest BCUT2D eigenvalue weighted by molar-refractivity contribution is 5.89. The standard InChI is InChI=1S/C14H17FN2O2/c1-10(18)17-11-5-6-13(15)14(8-11)16-9-12-4-2-3-7-19-12/h3,5-8,12,16H,2,4,9H2,1H3,(H,17,18). The molecule has 0 spiro atoms. The summed E-state index contributed by atoms with van der Waals surface area (Å²) in [5.41, 5.74) is 0.935. The minimum Gasteiger partial charge on any atom is -0.497 e. The lowest BCUT2D eigenvalue weighted by molar-refractivity contribution is -0.114. The zero-order valence-corrected chi connectivity index (χ0v) is 10.8. The summed E-state index contributed by atoms with van der Waals surface area (Å²) in [6.07, 6.45) is 5.58. The summed E-state index contributed by atoms with van der Waals surface area (Å²) < 4.78 is 19.0. The number of nitrogens with one attached hydrogen (secondary N) is 2. The maximum Gasteiger partial charge on any atom is 0.221 e. The number of hydrogen-bond donors (Lipinski definition) is 2. The van der Waals surface area contributed by atoms with Crippen molar-refractivity contribution in [1.82, 2.24) is 0 Å². The predicted molar refractivity (Wildman–Crippen MR) is 72.4 cm³/mol. The first-order valence-corrected chi connectivity index (χ1v) is 6.26. The van der Waals surface area contributed by atoms with Crippen LogP contribution in [0.25, 0.3) is 0 Å². The van der Waals surface area contributed by atoms with Crippen molar-refractivity contribution in [3.8, 4) is 0 Å². The molecule has 2 rings (SSSR count). The quantitative estimate of drug-likeness (QED) is 0.879. The Hall–Kier alpha value is -2.04. The molecule has 0 fully saturated rings. The predicted octanol–water partition coefficient (Wildman–Crippen LogP) is 2.89. The van der Waals surface area contributed by atoms with E-state index >= 15 is 0 Å². The molecule has 19 heavy (non-hydrogen) atoms. The fourth-order valence-corrected chi connectivity index (χ4v) is 1.90. The van der Waals surface area contributed by atoms with Gasteiger partial charge in [-0.1, -0.05) is 0 Å². The number of carbonyl (C=O) groups excluding carboxylic acids is 1. The normalized spacial score (nSPS) is 17.7. The molecule has 1 amide bonds. The monoisotopic (exact) mass is 264 g/mol. The lowest BCUT2D eigenvalue weighted by Gasteiger charge is -2.20. The molecule has 5 heteroatoms. The minimum absolute atomic E-state index is 0.0498. The summed E-state index contributed by atoms with van der Waals surface area (Å²) in [5.74, 6) is -0.529. The van der Waals surface area contributed by atoms with Crippen molar-refractivity contribution in [2.45, 2.75) is 25.9 Å². The summed E-state index contributed by atoms with van der Waals surface area (Å²) >= 11 is 0. The number of halogens is 1. The van der Waals surface area contributed by atoms with Gasteiger partial charge in [-0.2, -0.15) is 0 Å². The highest BCUT2D eigenvalue weighted by Gasteiger charge is 2.12. The third kappa shape index (κ3) is 3.98. The van der Waals surface area contributed by atoms with Gasteiger partial charge >= 0.3 is 0 Å². The Morgan fingerprint density at radius 1 is 1.53 bits per heavy atom. The third-order valence-corrected chi connectivity index (χ3v) is 2.83. The zero-order valence-electron chi connectivity index (χ0n) is 10.8. The van der Waals surface area contributed by atoms with E-state index in [2.05, 4.69) is 10.6 Å². The summed E-state index contributed by atoms with van der Waals surface area (Å²) in [6, 6.07) is 4.44. The first-order valence-electron chi connectivity index (χ1n) is 6.26. The Balaban J connectivity index is 1.98. The Morgan fingerprint density at radius 3 is 3.05 bits per heavy atom. The molecule has 1 unspecified atom stereocenters. The highest BCUT2D eigenvalue weighted by Crippen LogP contribution is 2.20. The Labute approximate surface area is 111 Å². The van der Waals surface area contributed by atoms with E-state index < -0.39 is 0 Å².